The molecule has 1 unspecified atom stereocenters. The number of carbonyl (C=O) groups is 1. The van der Waals surface area contributed by atoms with Crippen LogP contribution < -0.4 is 0 Å². The second-order valence-corrected chi connectivity index (χ2v) is 2.84. The summed E-state index contributed by atoms with van der Waals surface area (Å²) in [6.07, 6.45) is 3.32. The summed E-state index contributed by atoms with van der Waals surface area (Å²) in [7, 11) is 0. The number of hydrogen-bond donors (Lipinski definition) is 2. The van der Waals surface area contributed by atoms with Crippen molar-refractivity contribution < 1.29 is 15.0 Å². The standard InChI is InChI=1S/C8H16O3/c1-7(9)5-3-2-4-6-8(10)11/h7,9H,2-6H2,1H3,(H,10,11). The van der Waals surface area contributed by atoms with E-state index in [2.05, 4.69) is 0 Å². The second-order valence-electron chi connectivity index (χ2n) is 2.84. The highest BCUT2D eigenvalue weighted by Gasteiger charge is 1.98. The molecule has 0 heterocycles. The SMILES string of the molecule is CC(O)CCCCCC(=O)O. The molecule has 0 saturated heterocycles. The van der Waals surface area contributed by atoms with Crippen molar-refractivity contribution in [1.29, 1.82) is 0 Å². The summed E-state index contributed by atoms with van der Waals surface area (Å²) in [4.78, 5) is 10.0. The fourth-order valence-electron chi connectivity index (χ4n) is 0.893. The minimum atomic E-state index is -0.734. The Kier molecular flexibility index (Phi) is 5.84. The van der Waals surface area contributed by atoms with Gasteiger partial charge in [-0.3, -0.25) is 4.79 Å². The van der Waals surface area contributed by atoms with Gasteiger partial charge in [-0.25, -0.2) is 0 Å². The molecule has 3 heteroatoms. The maximum absolute atomic E-state index is 10.0. The third-order valence-corrected chi connectivity index (χ3v) is 1.51. The molecule has 0 saturated carbocycles. The number of aliphatic hydroxyl groups is 1. The Morgan fingerprint density at radius 2 is 2.00 bits per heavy atom. The van der Waals surface area contributed by atoms with Crippen LogP contribution in [0, 0.1) is 0 Å². The molecular formula is C8H16O3. The maximum atomic E-state index is 10.0. The minimum absolute atomic E-state index is 0.250. The molecule has 66 valence electrons. The van der Waals surface area contributed by atoms with Crippen molar-refractivity contribution in [3.63, 3.8) is 0 Å². The Hall–Kier alpha value is -0.570. The Labute approximate surface area is 67.0 Å². The molecule has 0 aromatic carbocycles. The first kappa shape index (κ1) is 10.4. The molecule has 0 spiro atoms. The van der Waals surface area contributed by atoms with Crippen molar-refractivity contribution in [3.8, 4) is 0 Å². The second kappa shape index (κ2) is 6.16. The lowest BCUT2D eigenvalue weighted by molar-refractivity contribution is -0.137. The van der Waals surface area contributed by atoms with Gasteiger partial charge in [-0.2, -0.15) is 0 Å². The zero-order valence-electron chi connectivity index (χ0n) is 6.92. The minimum Gasteiger partial charge on any atom is -0.481 e. The van der Waals surface area contributed by atoms with Crippen LogP contribution in [0.2, 0.25) is 0 Å². The van der Waals surface area contributed by atoms with E-state index in [9.17, 15) is 4.79 Å². The van der Waals surface area contributed by atoms with Gasteiger partial charge in [-0.1, -0.05) is 12.8 Å². The average molecular weight is 160 g/mol. The summed E-state index contributed by atoms with van der Waals surface area (Å²) in [5, 5.41) is 17.1. The van der Waals surface area contributed by atoms with E-state index in [4.69, 9.17) is 10.2 Å². The van der Waals surface area contributed by atoms with Crippen LogP contribution >= 0.6 is 0 Å². The van der Waals surface area contributed by atoms with E-state index >= 15 is 0 Å². The maximum Gasteiger partial charge on any atom is 0.303 e. The molecule has 0 fully saturated rings. The van der Waals surface area contributed by atoms with Crippen molar-refractivity contribution in [1.82, 2.24) is 0 Å². The first-order chi connectivity index (χ1) is 5.13. The van der Waals surface area contributed by atoms with Gasteiger partial charge in [-0.15, -0.1) is 0 Å². The Morgan fingerprint density at radius 3 is 2.45 bits per heavy atom. The van der Waals surface area contributed by atoms with Gasteiger partial charge in [-0.05, 0) is 19.8 Å². The Morgan fingerprint density at radius 1 is 1.36 bits per heavy atom. The Bertz CT molecular complexity index is 110. The summed E-state index contributed by atoms with van der Waals surface area (Å²) in [5.74, 6) is -0.734. The van der Waals surface area contributed by atoms with E-state index in [1.807, 2.05) is 0 Å². The molecule has 0 radical (unpaired) electrons. The monoisotopic (exact) mass is 160 g/mol. The highest BCUT2D eigenvalue weighted by atomic mass is 16.4. The predicted octanol–water partition coefficient (Wildman–Crippen LogP) is 1.40. The Balaban J connectivity index is 2.97. The van der Waals surface area contributed by atoms with Crippen LogP contribution in [0.4, 0.5) is 0 Å². The van der Waals surface area contributed by atoms with Crippen LogP contribution in [0.25, 0.3) is 0 Å². The lowest BCUT2D eigenvalue weighted by Crippen LogP contribution is -1.99. The molecule has 0 aromatic rings. The van der Waals surface area contributed by atoms with Gasteiger partial charge in [0.15, 0.2) is 0 Å². The van der Waals surface area contributed by atoms with Gasteiger partial charge in [0.2, 0.25) is 0 Å². The van der Waals surface area contributed by atoms with Crippen LogP contribution in [0.3, 0.4) is 0 Å². The number of rotatable bonds is 6. The first-order valence-electron chi connectivity index (χ1n) is 4.03. The van der Waals surface area contributed by atoms with Crippen molar-refractivity contribution in [2.24, 2.45) is 0 Å². The van der Waals surface area contributed by atoms with Crippen LogP contribution in [0.5, 0.6) is 0 Å². The van der Waals surface area contributed by atoms with Gasteiger partial charge in [0, 0.05) is 6.42 Å². The van der Waals surface area contributed by atoms with Crippen molar-refractivity contribution >= 4 is 5.97 Å². The zero-order chi connectivity index (χ0) is 8.69. The number of aliphatic hydroxyl groups excluding tert-OH is 1. The van der Waals surface area contributed by atoms with Gasteiger partial charge in [0.25, 0.3) is 0 Å². The lowest BCUT2D eigenvalue weighted by Gasteiger charge is -2.01. The molecule has 0 bridgehead atoms. The lowest BCUT2D eigenvalue weighted by atomic mass is 10.1. The van der Waals surface area contributed by atoms with Gasteiger partial charge in [0.05, 0.1) is 6.10 Å². The fourth-order valence-corrected chi connectivity index (χ4v) is 0.893. The number of hydrogen-bond acceptors (Lipinski definition) is 2. The molecule has 2 N–H and O–H groups in total. The zero-order valence-corrected chi connectivity index (χ0v) is 6.92. The van der Waals surface area contributed by atoms with E-state index in [-0.39, 0.29) is 12.5 Å². The quantitative estimate of drug-likeness (QED) is 0.577. The van der Waals surface area contributed by atoms with Crippen LogP contribution in [-0.2, 0) is 4.79 Å². The van der Waals surface area contributed by atoms with E-state index in [0.717, 1.165) is 25.7 Å². The first-order valence-corrected chi connectivity index (χ1v) is 4.03. The van der Waals surface area contributed by atoms with Crippen LogP contribution in [0.1, 0.15) is 39.0 Å². The third kappa shape index (κ3) is 9.43. The molecule has 0 aliphatic carbocycles. The fraction of sp³-hybridized carbons (Fsp3) is 0.875. The van der Waals surface area contributed by atoms with Crippen LogP contribution in [0.15, 0.2) is 0 Å². The molecule has 0 amide bonds. The van der Waals surface area contributed by atoms with E-state index in [1.165, 1.54) is 0 Å². The van der Waals surface area contributed by atoms with Crippen molar-refractivity contribution in [2.45, 2.75) is 45.1 Å². The van der Waals surface area contributed by atoms with Crippen LogP contribution in [-0.4, -0.2) is 22.3 Å². The van der Waals surface area contributed by atoms with Gasteiger partial charge >= 0.3 is 5.97 Å². The van der Waals surface area contributed by atoms with E-state index < -0.39 is 5.97 Å². The summed E-state index contributed by atoms with van der Waals surface area (Å²) in [6.45, 7) is 1.75. The van der Waals surface area contributed by atoms with E-state index in [1.54, 1.807) is 6.92 Å². The molecule has 0 aliphatic heterocycles. The average Bonchev–Trinajstić information content (AvgIpc) is 1.85. The molecular weight excluding hydrogens is 144 g/mol. The van der Waals surface area contributed by atoms with Gasteiger partial charge in [0.1, 0.15) is 0 Å². The predicted molar refractivity (Wildman–Crippen MR) is 42.4 cm³/mol. The highest BCUT2D eigenvalue weighted by Crippen LogP contribution is 2.04. The topological polar surface area (TPSA) is 57.5 Å². The molecule has 11 heavy (non-hydrogen) atoms. The smallest absolute Gasteiger partial charge is 0.303 e. The van der Waals surface area contributed by atoms with Crippen molar-refractivity contribution in [3.05, 3.63) is 0 Å². The number of carboxylic acids is 1. The summed E-state index contributed by atoms with van der Waals surface area (Å²) in [6, 6.07) is 0. The summed E-state index contributed by atoms with van der Waals surface area (Å²) >= 11 is 0. The largest absolute Gasteiger partial charge is 0.481 e. The molecule has 0 aromatic heterocycles. The van der Waals surface area contributed by atoms with E-state index in [0.29, 0.717) is 0 Å². The number of unbranched alkanes of at least 4 members (excludes halogenated alkanes) is 2. The molecule has 0 aliphatic rings. The number of carboxylic acid groups (broad SMARTS) is 1. The normalized spacial score (nSPS) is 12.9. The molecule has 3 nitrogen and oxygen atoms in total. The third-order valence-electron chi connectivity index (χ3n) is 1.51. The molecule has 0 rings (SSSR count). The van der Waals surface area contributed by atoms with Crippen molar-refractivity contribution in [2.75, 3.05) is 0 Å². The van der Waals surface area contributed by atoms with Gasteiger partial charge < -0.3 is 10.2 Å². The molecule has 1 atom stereocenters. The summed E-state index contributed by atoms with van der Waals surface area (Å²) < 4.78 is 0. The number of aliphatic carboxylic acids is 1. The highest BCUT2D eigenvalue weighted by molar-refractivity contribution is 5.66. The summed E-state index contributed by atoms with van der Waals surface area (Å²) in [5.41, 5.74) is 0.